The lowest BCUT2D eigenvalue weighted by Gasteiger charge is -2.34. The van der Waals surface area contributed by atoms with Crippen molar-refractivity contribution < 1.29 is 23.5 Å². The Kier molecular flexibility index (Phi) is 9.69. The van der Waals surface area contributed by atoms with Gasteiger partial charge in [-0.3, -0.25) is 4.79 Å². The first-order valence-corrected chi connectivity index (χ1v) is 14.9. The van der Waals surface area contributed by atoms with E-state index in [9.17, 15) is 14.0 Å². The molecule has 2 atom stereocenters. The molecule has 2 heterocycles. The van der Waals surface area contributed by atoms with Gasteiger partial charge in [0.2, 0.25) is 5.91 Å². The number of hydrogen-bond donors (Lipinski definition) is 3. The van der Waals surface area contributed by atoms with Crippen molar-refractivity contribution in [1.29, 1.82) is 0 Å². The number of benzene rings is 3. The fraction of sp³-hybridized carbons (Fsp3) is 0.353. The number of piperidine rings is 1. The van der Waals surface area contributed by atoms with Crippen molar-refractivity contribution in [3.63, 3.8) is 0 Å². The van der Waals surface area contributed by atoms with E-state index in [1.807, 2.05) is 74.6 Å². The number of urea groups is 1. The summed E-state index contributed by atoms with van der Waals surface area (Å²) < 4.78 is 24.8. The van der Waals surface area contributed by atoms with Gasteiger partial charge in [0.25, 0.3) is 0 Å². The quantitative estimate of drug-likeness (QED) is 0.215. The second-order valence-electron chi connectivity index (χ2n) is 11.5. The molecule has 0 spiro atoms. The van der Waals surface area contributed by atoms with Crippen LogP contribution in [0, 0.1) is 5.82 Å². The summed E-state index contributed by atoms with van der Waals surface area (Å²) in [6, 6.07) is 18.4. The number of nitrogens with zero attached hydrogens (tertiary/aromatic N) is 2. The number of methoxy groups -OCH3 is 1. The summed E-state index contributed by atoms with van der Waals surface area (Å²) in [4.78, 5) is 34.7. The fourth-order valence-electron chi connectivity index (χ4n) is 5.70. The Morgan fingerprint density at radius 1 is 1.07 bits per heavy atom. The summed E-state index contributed by atoms with van der Waals surface area (Å²) in [6.45, 7) is 3.57. The highest BCUT2D eigenvalue weighted by Gasteiger charge is 2.33. The van der Waals surface area contributed by atoms with Crippen molar-refractivity contribution in [2.45, 2.75) is 44.4 Å². The Hall–Kier alpha value is -4.57. The molecular weight excluding hydrogens is 561 g/mol. The third kappa shape index (κ3) is 7.31. The molecule has 1 fully saturated rings. The topological polar surface area (TPSA) is 98.9 Å². The van der Waals surface area contributed by atoms with Gasteiger partial charge in [-0.25, -0.2) is 9.18 Å². The van der Waals surface area contributed by atoms with Crippen LogP contribution < -0.4 is 20.1 Å². The molecule has 0 aliphatic carbocycles. The number of aromatic amines is 1. The molecule has 10 heteroatoms. The van der Waals surface area contributed by atoms with Crippen molar-refractivity contribution >= 4 is 28.5 Å². The molecule has 0 unspecified atom stereocenters. The average Bonchev–Trinajstić information content (AvgIpc) is 3.45. The molecule has 4 aromatic rings. The molecule has 1 aromatic heterocycles. The van der Waals surface area contributed by atoms with Crippen LogP contribution in [0.4, 0.5) is 14.9 Å². The molecule has 9 nitrogen and oxygen atoms in total. The summed E-state index contributed by atoms with van der Waals surface area (Å²) in [5.74, 6) is 0.123. The van der Waals surface area contributed by atoms with Gasteiger partial charge in [0.05, 0.1) is 12.8 Å². The minimum atomic E-state index is -0.878. The zero-order valence-electron chi connectivity index (χ0n) is 25.6. The number of carbonyl (C=O) groups excluding carboxylic acids is 2. The molecular formula is C34H40FN5O4. The van der Waals surface area contributed by atoms with Crippen molar-refractivity contribution in [2.75, 3.05) is 39.6 Å². The van der Waals surface area contributed by atoms with Crippen LogP contribution in [-0.2, 0) is 11.3 Å². The van der Waals surface area contributed by atoms with Crippen LogP contribution in [0.15, 0.2) is 72.9 Å². The highest BCUT2D eigenvalue weighted by Crippen LogP contribution is 2.31. The van der Waals surface area contributed by atoms with Crippen LogP contribution in [0.3, 0.4) is 0 Å². The van der Waals surface area contributed by atoms with Crippen LogP contribution in [0.2, 0.25) is 0 Å². The minimum absolute atomic E-state index is 0.0874. The largest absolute Gasteiger partial charge is 0.495 e. The van der Waals surface area contributed by atoms with Crippen molar-refractivity contribution in [2.24, 2.45) is 0 Å². The van der Waals surface area contributed by atoms with E-state index in [0.717, 1.165) is 22.0 Å². The number of H-pyrrole nitrogens is 1. The number of anilines is 1. The molecule has 0 radical (unpaired) electrons. The van der Waals surface area contributed by atoms with E-state index >= 15 is 0 Å². The van der Waals surface area contributed by atoms with Gasteiger partial charge in [-0.05, 0) is 67.7 Å². The maximum atomic E-state index is 14.0. The lowest BCUT2D eigenvalue weighted by Crippen LogP contribution is -2.53. The molecule has 3 N–H and O–H groups in total. The van der Waals surface area contributed by atoms with Crippen LogP contribution in [0.5, 0.6) is 11.5 Å². The lowest BCUT2D eigenvalue weighted by molar-refractivity contribution is -0.118. The zero-order valence-corrected chi connectivity index (χ0v) is 25.6. The Labute approximate surface area is 257 Å². The van der Waals surface area contributed by atoms with Gasteiger partial charge in [-0.15, -0.1) is 0 Å². The molecule has 1 saturated heterocycles. The Morgan fingerprint density at radius 2 is 1.80 bits per heavy atom. The number of hydrogen-bond acceptors (Lipinski definition) is 5. The zero-order chi connectivity index (χ0) is 31.2. The number of carbonyl (C=O) groups is 2. The van der Waals surface area contributed by atoms with Crippen molar-refractivity contribution in [3.8, 4) is 11.5 Å². The van der Waals surface area contributed by atoms with E-state index in [-0.39, 0.29) is 29.8 Å². The maximum absolute atomic E-state index is 14.0. The van der Waals surface area contributed by atoms with Crippen LogP contribution in [-0.4, -0.2) is 73.2 Å². The summed E-state index contributed by atoms with van der Waals surface area (Å²) in [6.07, 6.45) is 3.05. The summed E-state index contributed by atoms with van der Waals surface area (Å²) >= 11 is 0. The Balaban J connectivity index is 1.33. The first kappa shape index (κ1) is 30.9. The van der Waals surface area contributed by atoms with Gasteiger partial charge in [0.1, 0.15) is 29.5 Å². The van der Waals surface area contributed by atoms with Gasteiger partial charge < -0.3 is 34.9 Å². The SMILES string of the molecule is COc1ccc(CN(C)C)cc1NC(=O)[C@H](NC(=O)N1CCC(Oc2ccc(F)cc2)CC1)[C@@H](C)c1c[nH]c2ccccc12. The predicted octanol–water partition coefficient (Wildman–Crippen LogP) is 5.74. The number of aromatic nitrogens is 1. The third-order valence-electron chi connectivity index (χ3n) is 8.04. The summed E-state index contributed by atoms with van der Waals surface area (Å²) in [7, 11) is 5.52. The fourth-order valence-corrected chi connectivity index (χ4v) is 5.70. The molecule has 232 valence electrons. The highest BCUT2D eigenvalue weighted by atomic mass is 19.1. The van der Waals surface area contributed by atoms with E-state index in [2.05, 4.69) is 15.6 Å². The molecule has 3 aromatic carbocycles. The van der Waals surface area contributed by atoms with E-state index in [4.69, 9.17) is 9.47 Å². The predicted molar refractivity (Wildman–Crippen MR) is 170 cm³/mol. The van der Waals surface area contributed by atoms with Gasteiger partial charge in [-0.2, -0.15) is 0 Å². The average molecular weight is 602 g/mol. The highest BCUT2D eigenvalue weighted by molar-refractivity contribution is 5.99. The summed E-state index contributed by atoms with van der Waals surface area (Å²) in [5.41, 5.74) is 3.45. The smallest absolute Gasteiger partial charge is 0.318 e. The van der Waals surface area contributed by atoms with Crippen molar-refractivity contribution in [3.05, 3.63) is 89.9 Å². The Bertz CT molecular complexity index is 1580. The van der Waals surface area contributed by atoms with E-state index in [1.165, 1.54) is 12.1 Å². The monoisotopic (exact) mass is 601 g/mol. The number of halogens is 1. The van der Waals surface area contributed by atoms with Gasteiger partial charge in [0, 0.05) is 55.5 Å². The summed E-state index contributed by atoms with van der Waals surface area (Å²) in [5, 5.41) is 7.08. The maximum Gasteiger partial charge on any atom is 0.318 e. The standard InChI is InChI=1S/C34H40FN5O4/c1-22(28-20-36-29-8-6-5-7-27(28)29)32(33(41)37-30-19-23(21-39(2)3)9-14-31(30)43-4)38-34(42)40-17-15-26(16-18-40)44-25-12-10-24(35)11-13-25/h5-14,19-20,22,26,32,36H,15-18,21H2,1-4H3,(H,37,41)(H,38,42)/t22-,32+/m0/s1. The second-order valence-corrected chi connectivity index (χ2v) is 11.5. The van der Waals surface area contributed by atoms with Crippen LogP contribution in [0.1, 0.15) is 36.8 Å². The third-order valence-corrected chi connectivity index (χ3v) is 8.04. The molecule has 0 bridgehead atoms. The molecule has 5 rings (SSSR count). The number of ether oxygens (including phenoxy) is 2. The molecule has 44 heavy (non-hydrogen) atoms. The first-order valence-electron chi connectivity index (χ1n) is 14.9. The van der Waals surface area contributed by atoms with E-state index in [1.54, 1.807) is 24.1 Å². The van der Waals surface area contributed by atoms with E-state index in [0.29, 0.717) is 49.7 Å². The number of nitrogens with one attached hydrogen (secondary N) is 3. The number of fused-ring (bicyclic) bond motifs is 1. The number of likely N-dealkylation sites (tertiary alicyclic amines) is 1. The van der Waals surface area contributed by atoms with Gasteiger partial charge in [-0.1, -0.05) is 31.2 Å². The molecule has 0 saturated carbocycles. The minimum Gasteiger partial charge on any atom is -0.495 e. The van der Waals surface area contributed by atoms with Crippen molar-refractivity contribution in [1.82, 2.24) is 20.1 Å². The second kappa shape index (κ2) is 13.8. The lowest BCUT2D eigenvalue weighted by atomic mass is 9.92. The van der Waals surface area contributed by atoms with Crippen LogP contribution >= 0.6 is 0 Å². The number of amides is 3. The number of rotatable bonds is 10. The Morgan fingerprint density at radius 3 is 2.50 bits per heavy atom. The molecule has 3 amide bonds. The molecule has 1 aliphatic heterocycles. The van der Waals surface area contributed by atoms with Gasteiger partial charge >= 0.3 is 6.03 Å². The molecule has 1 aliphatic rings. The normalized spacial score (nSPS) is 15.2. The first-order chi connectivity index (χ1) is 21.2. The van der Waals surface area contributed by atoms with Gasteiger partial charge in [0.15, 0.2) is 0 Å². The van der Waals surface area contributed by atoms with Crippen LogP contribution in [0.25, 0.3) is 10.9 Å². The number of para-hydroxylation sites is 1. The van der Waals surface area contributed by atoms with E-state index < -0.39 is 6.04 Å².